The van der Waals surface area contributed by atoms with Crippen molar-refractivity contribution in [2.24, 2.45) is 5.92 Å². The van der Waals surface area contributed by atoms with Crippen LogP contribution in [0.15, 0.2) is 22.9 Å². The van der Waals surface area contributed by atoms with Gasteiger partial charge in [-0.15, -0.1) is 0 Å². The van der Waals surface area contributed by atoms with E-state index in [9.17, 15) is 4.79 Å². The first-order chi connectivity index (χ1) is 9.20. The monoisotopic (exact) mass is 327 g/mol. The minimum Gasteiger partial charge on any atom is -0.379 e. The molecule has 1 aromatic heterocycles. The van der Waals surface area contributed by atoms with E-state index >= 15 is 0 Å². The number of ether oxygens (including phenoxy) is 1. The first-order valence-corrected chi connectivity index (χ1v) is 7.23. The zero-order valence-corrected chi connectivity index (χ0v) is 12.4. The molecular formula is C13H18BrN3O2. The summed E-state index contributed by atoms with van der Waals surface area (Å²) in [5, 5.41) is 6.22. The second kappa shape index (κ2) is 6.98. The van der Waals surface area contributed by atoms with Crippen LogP contribution in [0.4, 0.5) is 5.69 Å². The zero-order chi connectivity index (χ0) is 13.7. The van der Waals surface area contributed by atoms with Crippen molar-refractivity contribution < 1.29 is 9.53 Å². The lowest BCUT2D eigenvalue weighted by molar-refractivity contribution is -0.120. The predicted octanol–water partition coefficient (Wildman–Crippen LogP) is 1.80. The molecule has 2 N–H and O–H groups in total. The molecule has 0 spiro atoms. The van der Waals surface area contributed by atoms with E-state index in [2.05, 4.69) is 38.5 Å². The van der Waals surface area contributed by atoms with Crippen molar-refractivity contribution in [1.29, 1.82) is 0 Å². The molecule has 1 amide bonds. The van der Waals surface area contributed by atoms with E-state index in [0.717, 1.165) is 17.6 Å². The van der Waals surface area contributed by atoms with Gasteiger partial charge in [0.15, 0.2) is 0 Å². The maximum Gasteiger partial charge on any atom is 0.231 e. The number of carbonyl (C=O) groups is 1. The minimum absolute atomic E-state index is 0.0183. The Morgan fingerprint density at radius 2 is 2.37 bits per heavy atom. The van der Waals surface area contributed by atoms with E-state index in [0.29, 0.717) is 18.9 Å². The predicted molar refractivity (Wildman–Crippen MR) is 77.0 cm³/mol. The quantitative estimate of drug-likeness (QED) is 0.809. The van der Waals surface area contributed by atoms with Gasteiger partial charge in [-0.25, -0.2) is 4.98 Å². The second-order valence-corrected chi connectivity index (χ2v) is 5.38. The normalized spacial score (nSPS) is 22.4. The highest BCUT2D eigenvalue weighted by atomic mass is 79.9. The van der Waals surface area contributed by atoms with Gasteiger partial charge in [0.05, 0.1) is 31.0 Å². The maximum absolute atomic E-state index is 12.2. The van der Waals surface area contributed by atoms with Crippen LogP contribution in [0, 0.1) is 5.92 Å². The van der Waals surface area contributed by atoms with Gasteiger partial charge < -0.3 is 15.4 Å². The Hall–Kier alpha value is -0.980. The lowest BCUT2D eigenvalue weighted by Gasteiger charge is -2.18. The Morgan fingerprint density at radius 3 is 3.05 bits per heavy atom. The maximum atomic E-state index is 12.2. The summed E-state index contributed by atoms with van der Waals surface area (Å²) in [6.07, 6.45) is 2.67. The number of rotatable bonds is 5. The van der Waals surface area contributed by atoms with Crippen molar-refractivity contribution >= 4 is 27.5 Å². The van der Waals surface area contributed by atoms with Crippen molar-refractivity contribution in [3.63, 3.8) is 0 Å². The van der Waals surface area contributed by atoms with Crippen LogP contribution >= 0.6 is 15.9 Å². The molecule has 0 aromatic carbocycles. The molecule has 1 aromatic rings. The largest absolute Gasteiger partial charge is 0.379 e. The third-order valence-corrected chi connectivity index (χ3v) is 3.54. The summed E-state index contributed by atoms with van der Waals surface area (Å²) in [4.78, 5) is 16.3. The van der Waals surface area contributed by atoms with Crippen molar-refractivity contribution in [1.82, 2.24) is 10.3 Å². The highest BCUT2D eigenvalue weighted by molar-refractivity contribution is 9.10. The molecule has 2 atom stereocenters. The highest BCUT2D eigenvalue weighted by Gasteiger charge is 2.33. The molecule has 1 fully saturated rings. The second-order valence-electron chi connectivity index (χ2n) is 4.56. The van der Waals surface area contributed by atoms with E-state index in [4.69, 9.17) is 4.74 Å². The van der Waals surface area contributed by atoms with Crippen LogP contribution in [-0.2, 0) is 9.53 Å². The van der Waals surface area contributed by atoms with Gasteiger partial charge in [-0.2, -0.15) is 0 Å². The molecule has 2 unspecified atom stereocenters. The number of amides is 1. The van der Waals surface area contributed by atoms with Crippen LogP contribution in [0.1, 0.15) is 13.3 Å². The fourth-order valence-corrected chi connectivity index (χ4v) is 2.26. The van der Waals surface area contributed by atoms with Crippen LogP contribution in [0.5, 0.6) is 0 Å². The number of halogens is 1. The molecule has 0 radical (unpaired) electrons. The molecule has 0 bridgehead atoms. The van der Waals surface area contributed by atoms with Crippen molar-refractivity contribution in [2.45, 2.75) is 19.4 Å². The van der Waals surface area contributed by atoms with E-state index in [1.165, 1.54) is 0 Å². The van der Waals surface area contributed by atoms with Gasteiger partial charge in [0, 0.05) is 6.04 Å². The molecule has 2 rings (SSSR count). The molecule has 19 heavy (non-hydrogen) atoms. The van der Waals surface area contributed by atoms with Gasteiger partial charge in [-0.1, -0.05) is 6.92 Å². The number of nitrogens with one attached hydrogen (secondary N) is 2. The molecule has 2 heterocycles. The lowest BCUT2D eigenvalue weighted by atomic mass is 10.0. The fourth-order valence-electron chi connectivity index (χ4n) is 2.03. The Bertz CT molecular complexity index is 424. The van der Waals surface area contributed by atoms with E-state index in [-0.39, 0.29) is 17.9 Å². The Labute approximate surface area is 121 Å². The SMILES string of the molecule is CCCNC1COCC1C(=O)Nc1ccc(Br)nc1. The van der Waals surface area contributed by atoms with Gasteiger partial charge in [0.2, 0.25) is 5.91 Å². The smallest absolute Gasteiger partial charge is 0.231 e. The Kier molecular flexibility index (Phi) is 5.30. The van der Waals surface area contributed by atoms with Gasteiger partial charge in [0.25, 0.3) is 0 Å². The van der Waals surface area contributed by atoms with Crippen LogP contribution in [0.2, 0.25) is 0 Å². The third kappa shape index (κ3) is 3.99. The van der Waals surface area contributed by atoms with Crippen LogP contribution < -0.4 is 10.6 Å². The molecule has 0 saturated carbocycles. The number of anilines is 1. The summed E-state index contributed by atoms with van der Waals surface area (Å²) in [5.74, 6) is -0.162. The minimum atomic E-state index is -0.143. The van der Waals surface area contributed by atoms with E-state index < -0.39 is 0 Å². The first kappa shape index (κ1) is 14.4. The lowest BCUT2D eigenvalue weighted by Crippen LogP contribution is -2.41. The molecule has 104 valence electrons. The number of hydrogen-bond donors (Lipinski definition) is 2. The standard InChI is InChI=1S/C13H18BrN3O2/c1-2-5-15-11-8-19-7-10(11)13(18)17-9-3-4-12(14)16-6-9/h3-4,6,10-11,15H,2,5,7-8H2,1H3,(H,17,18). The summed E-state index contributed by atoms with van der Waals surface area (Å²) in [6, 6.07) is 3.72. The van der Waals surface area contributed by atoms with E-state index in [1.807, 2.05) is 6.07 Å². The fraction of sp³-hybridized carbons (Fsp3) is 0.538. The highest BCUT2D eigenvalue weighted by Crippen LogP contribution is 2.17. The summed E-state index contributed by atoms with van der Waals surface area (Å²) in [5.41, 5.74) is 0.703. The van der Waals surface area contributed by atoms with Gasteiger partial charge in [-0.05, 0) is 41.0 Å². The number of aromatic nitrogens is 1. The average Bonchev–Trinajstić information content (AvgIpc) is 2.87. The molecule has 6 heteroatoms. The Morgan fingerprint density at radius 1 is 1.53 bits per heavy atom. The van der Waals surface area contributed by atoms with Crippen molar-refractivity contribution in [3.8, 4) is 0 Å². The van der Waals surface area contributed by atoms with Gasteiger partial charge in [0.1, 0.15) is 4.60 Å². The molecule has 5 nitrogen and oxygen atoms in total. The molecule has 1 aliphatic rings. The summed E-state index contributed by atoms with van der Waals surface area (Å²) in [7, 11) is 0. The summed E-state index contributed by atoms with van der Waals surface area (Å²) >= 11 is 3.26. The van der Waals surface area contributed by atoms with Crippen LogP contribution in [-0.4, -0.2) is 36.7 Å². The first-order valence-electron chi connectivity index (χ1n) is 6.44. The van der Waals surface area contributed by atoms with Crippen LogP contribution in [0.25, 0.3) is 0 Å². The number of carbonyl (C=O) groups excluding carboxylic acids is 1. The van der Waals surface area contributed by atoms with E-state index in [1.54, 1.807) is 12.3 Å². The van der Waals surface area contributed by atoms with Crippen molar-refractivity contribution in [2.75, 3.05) is 25.1 Å². The van der Waals surface area contributed by atoms with Gasteiger partial charge >= 0.3 is 0 Å². The number of nitrogens with zero attached hydrogens (tertiary/aromatic N) is 1. The summed E-state index contributed by atoms with van der Waals surface area (Å²) < 4.78 is 6.15. The van der Waals surface area contributed by atoms with Crippen molar-refractivity contribution in [3.05, 3.63) is 22.9 Å². The average molecular weight is 328 g/mol. The topological polar surface area (TPSA) is 63.2 Å². The molecule has 1 aliphatic heterocycles. The zero-order valence-electron chi connectivity index (χ0n) is 10.9. The third-order valence-electron chi connectivity index (χ3n) is 3.07. The van der Waals surface area contributed by atoms with Crippen LogP contribution in [0.3, 0.4) is 0 Å². The molecule has 1 saturated heterocycles. The van der Waals surface area contributed by atoms with Gasteiger partial charge in [-0.3, -0.25) is 4.79 Å². The summed E-state index contributed by atoms with van der Waals surface area (Å²) in [6.45, 7) is 4.07. The molecular weight excluding hydrogens is 310 g/mol. The Balaban J connectivity index is 1.93. The molecule has 0 aliphatic carbocycles. The number of hydrogen-bond acceptors (Lipinski definition) is 4. The number of pyridine rings is 1.